The predicted molar refractivity (Wildman–Crippen MR) is 102 cm³/mol. The number of carbonyl (C=O) groups is 1. The smallest absolute Gasteiger partial charge is 0.241 e. The van der Waals surface area contributed by atoms with Gasteiger partial charge in [0.05, 0.1) is 6.54 Å². The van der Waals surface area contributed by atoms with Crippen molar-refractivity contribution < 1.29 is 4.79 Å². The number of rotatable bonds is 4. The topological polar surface area (TPSA) is 60.0 Å². The number of nitrogens with zero attached hydrogens (tertiary/aromatic N) is 3. The number of amides is 1. The van der Waals surface area contributed by atoms with E-state index in [1.54, 1.807) is 7.05 Å². The van der Waals surface area contributed by atoms with Crippen molar-refractivity contribution in [3.05, 3.63) is 29.3 Å². The zero-order valence-corrected chi connectivity index (χ0v) is 15.4. The van der Waals surface area contributed by atoms with Gasteiger partial charge in [-0.25, -0.2) is 0 Å². The van der Waals surface area contributed by atoms with Gasteiger partial charge in [-0.15, -0.1) is 0 Å². The third-order valence-corrected chi connectivity index (χ3v) is 5.03. The molecular formula is C18H26ClN5O. The van der Waals surface area contributed by atoms with Crippen LogP contribution in [0.3, 0.4) is 0 Å². The third-order valence-electron chi connectivity index (χ3n) is 4.79. The molecular weight excluding hydrogens is 338 g/mol. The van der Waals surface area contributed by atoms with Crippen molar-refractivity contribution in [3.63, 3.8) is 0 Å². The molecule has 0 bridgehead atoms. The number of nitrogens with one attached hydrogen (secondary N) is 2. The van der Waals surface area contributed by atoms with E-state index < -0.39 is 0 Å². The molecule has 1 aromatic carbocycles. The van der Waals surface area contributed by atoms with Gasteiger partial charge in [0.1, 0.15) is 0 Å². The molecule has 0 spiro atoms. The second-order valence-electron chi connectivity index (χ2n) is 6.57. The number of aliphatic imine (C=N–C) groups is 1. The molecule has 0 aliphatic carbocycles. The number of likely N-dealkylation sites (tertiary alicyclic amines) is 1. The lowest BCUT2D eigenvalue weighted by atomic mass is 10.3. The number of hydrogen-bond acceptors (Lipinski definition) is 3. The summed E-state index contributed by atoms with van der Waals surface area (Å²) in [6.45, 7) is 3.92. The number of hydrogen-bond donors (Lipinski definition) is 2. The highest BCUT2D eigenvalue weighted by atomic mass is 35.5. The van der Waals surface area contributed by atoms with Crippen molar-refractivity contribution in [2.75, 3.05) is 44.7 Å². The SMILES string of the molecule is CN=C(NCC(=O)N1CCCC1)NC1CCN(c2cccc(Cl)c2)C1. The molecule has 2 N–H and O–H groups in total. The first-order chi connectivity index (χ1) is 12.2. The Balaban J connectivity index is 1.47. The van der Waals surface area contributed by atoms with Crippen molar-refractivity contribution in [3.8, 4) is 0 Å². The first-order valence-electron chi connectivity index (χ1n) is 8.91. The lowest BCUT2D eigenvalue weighted by molar-refractivity contribution is -0.128. The van der Waals surface area contributed by atoms with Crippen LogP contribution in [-0.2, 0) is 4.79 Å². The van der Waals surface area contributed by atoms with Crippen LogP contribution in [0.4, 0.5) is 5.69 Å². The van der Waals surface area contributed by atoms with E-state index >= 15 is 0 Å². The molecule has 2 aliphatic heterocycles. The van der Waals surface area contributed by atoms with Gasteiger partial charge in [0, 0.05) is 50.0 Å². The summed E-state index contributed by atoms with van der Waals surface area (Å²) in [5, 5.41) is 7.32. The van der Waals surface area contributed by atoms with Gasteiger partial charge >= 0.3 is 0 Å². The van der Waals surface area contributed by atoms with Gasteiger partial charge in [-0.05, 0) is 37.5 Å². The molecule has 136 valence electrons. The summed E-state index contributed by atoms with van der Waals surface area (Å²) in [4.78, 5) is 20.6. The van der Waals surface area contributed by atoms with Gasteiger partial charge in [-0.1, -0.05) is 17.7 Å². The molecule has 1 amide bonds. The zero-order valence-electron chi connectivity index (χ0n) is 14.7. The van der Waals surface area contributed by atoms with Gasteiger partial charge in [0.15, 0.2) is 5.96 Å². The average Bonchev–Trinajstić information content (AvgIpc) is 3.30. The van der Waals surface area contributed by atoms with Crippen LogP contribution in [0, 0.1) is 0 Å². The Bertz CT molecular complexity index is 630. The number of guanidine groups is 1. The Morgan fingerprint density at radius 1 is 1.32 bits per heavy atom. The number of carbonyl (C=O) groups excluding carboxylic acids is 1. The second-order valence-corrected chi connectivity index (χ2v) is 7.01. The minimum absolute atomic E-state index is 0.146. The van der Waals surface area contributed by atoms with Crippen LogP contribution < -0.4 is 15.5 Å². The van der Waals surface area contributed by atoms with Gasteiger partial charge in [0.2, 0.25) is 5.91 Å². The van der Waals surface area contributed by atoms with Gasteiger partial charge in [0.25, 0.3) is 0 Å². The van der Waals surface area contributed by atoms with Crippen LogP contribution in [-0.4, -0.2) is 62.6 Å². The zero-order chi connectivity index (χ0) is 17.6. The van der Waals surface area contributed by atoms with E-state index in [4.69, 9.17) is 11.6 Å². The molecule has 0 radical (unpaired) electrons. The molecule has 7 heteroatoms. The molecule has 1 atom stereocenters. The second kappa shape index (κ2) is 8.43. The average molecular weight is 364 g/mol. The van der Waals surface area contributed by atoms with Crippen LogP contribution in [0.25, 0.3) is 0 Å². The lowest BCUT2D eigenvalue weighted by Crippen LogP contribution is -2.48. The molecule has 0 saturated carbocycles. The van der Waals surface area contributed by atoms with Crippen molar-refractivity contribution in [2.45, 2.75) is 25.3 Å². The van der Waals surface area contributed by atoms with Crippen LogP contribution in [0.5, 0.6) is 0 Å². The summed E-state index contributed by atoms with van der Waals surface area (Å²) >= 11 is 6.08. The normalized spacial score (nSPS) is 20.9. The molecule has 1 unspecified atom stereocenters. The number of halogens is 1. The number of benzene rings is 1. The largest absolute Gasteiger partial charge is 0.369 e. The first kappa shape index (κ1) is 17.9. The quantitative estimate of drug-likeness (QED) is 0.631. The predicted octanol–water partition coefficient (Wildman–Crippen LogP) is 1.71. The van der Waals surface area contributed by atoms with Crippen molar-refractivity contribution in [1.29, 1.82) is 0 Å². The fraction of sp³-hybridized carbons (Fsp3) is 0.556. The fourth-order valence-electron chi connectivity index (χ4n) is 3.41. The van der Waals surface area contributed by atoms with Crippen LogP contribution in [0.15, 0.2) is 29.3 Å². The molecule has 2 fully saturated rings. The van der Waals surface area contributed by atoms with E-state index in [0.29, 0.717) is 18.5 Å². The summed E-state index contributed by atoms with van der Waals surface area (Å²) in [6.07, 6.45) is 3.24. The van der Waals surface area contributed by atoms with Crippen LogP contribution >= 0.6 is 11.6 Å². The molecule has 1 aromatic rings. The third kappa shape index (κ3) is 4.78. The number of anilines is 1. The Hall–Kier alpha value is -1.95. The first-order valence-corrected chi connectivity index (χ1v) is 9.29. The van der Waals surface area contributed by atoms with E-state index in [-0.39, 0.29) is 5.91 Å². The maximum absolute atomic E-state index is 12.1. The standard InChI is InChI=1S/C18H26ClN5O/c1-20-18(21-12-17(25)23-8-2-3-9-23)22-15-7-10-24(13-15)16-6-4-5-14(19)11-16/h4-6,11,15H,2-3,7-10,12-13H2,1H3,(H2,20,21,22). The monoisotopic (exact) mass is 363 g/mol. The molecule has 2 heterocycles. The molecule has 25 heavy (non-hydrogen) atoms. The molecule has 0 aromatic heterocycles. The van der Waals surface area contributed by atoms with Crippen molar-refractivity contribution in [1.82, 2.24) is 15.5 Å². The minimum atomic E-state index is 0.146. The van der Waals surface area contributed by atoms with Crippen molar-refractivity contribution >= 4 is 29.2 Å². The van der Waals surface area contributed by atoms with Gasteiger partial charge in [-0.3, -0.25) is 9.79 Å². The highest BCUT2D eigenvalue weighted by molar-refractivity contribution is 6.30. The molecule has 2 saturated heterocycles. The summed E-state index contributed by atoms with van der Waals surface area (Å²) in [5.74, 6) is 0.831. The molecule has 6 nitrogen and oxygen atoms in total. The highest BCUT2D eigenvalue weighted by Crippen LogP contribution is 2.23. The van der Waals surface area contributed by atoms with E-state index in [1.165, 1.54) is 0 Å². The van der Waals surface area contributed by atoms with E-state index in [9.17, 15) is 4.79 Å². The Kier molecular flexibility index (Phi) is 6.02. The van der Waals surface area contributed by atoms with Gasteiger partial charge < -0.3 is 20.4 Å². The minimum Gasteiger partial charge on any atom is -0.369 e. The maximum atomic E-state index is 12.1. The lowest BCUT2D eigenvalue weighted by Gasteiger charge is -2.21. The summed E-state index contributed by atoms with van der Waals surface area (Å²) in [5.41, 5.74) is 1.14. The Morgan fingerprint density at radius 2 is 2.12 bits per heavy atom. The summed E-state index contributed by atoms with van der Waals surface area (Å²) < 4.78 is 0. The van der Waals surface area contributed by atoms with Crippen LogP contribution in [0.1, 0.15) is 19.3 Å². The summed E-state index contributed by atoms with van der Waals surface area (Å²) in [6, 6.07) is 8.23. The molecule has 3 rings (SSSR count). The molecule has 2 aliphatic rings. The van der Waals surface area contributed by atoms with E-state index in [2.05, 4.69) is 26.6 Å². The highest BCUT2D eigenvalue weighted by Gasteiger charge is 2.24. The van der Waals surface area contributed by atoms with E-state index in [0.717, 1.165) is 56.2 Å². The van der Waals surface area contributed by atoms with Crippen molar-refractivity contribution in [2.24, 2.45) is 4.99 Å². The Labute approximate surface area is 154 Å². The van der Waals surface area contributed by atoms with Gasteiger partial charge in [-0.2, -0.15) is 0 Å². The van der Waals surface area contributed by atoms with E-state index in [1.807, 2.05) is 23.1 Å². The maximum Gasteiger partial charge on any atom is 0.241 e. The Morgan fingerprint density at radius 3 is 2.84 bits per heavy atom. The summed E-state index contributed by atoms with van der Waals surface area (Å²) in [7, 11) is 1.74. The van der Waals surface area contributed by atoms with Crippen LogP contribution in [0.2, 0.25) is 5.02 Å². The fourth-order valence-corrected chi connectivity index (χ4v) is 3.60.